The van der Waals surface area contributed by atoms with Gasteiger partial charge in [0.25, 0.3) is 0 Å². The van der Waals surface area contributed by atoms with Crippen molar-refractivity contribution < 1.29 is 71.8 Å². The summed E-state index contributed by atoms with van der Waals surface area (Å²) in [4.78, 5) is 0. The summed E-state index contributed by atoms with van der Waals surface area (Å²) in [6.07, 6.45) is 0. The zero-order valence-electron chi connectivity index (χ0n) is 12.5. The Hall–Kier alpha value is -0.959. The van der Waals surface area contributed by atoms with Crippen LogP contribution in [0.4, 0.5) is 0 Å². The van der Waals surface area contributed by atoms with Crippen molar-refractivity contribution >= 4 is 17.7 Å². The summed E-state index contributed by atoms with van der Waals surface area (Å²) in [6, 6.07) is -1.74. The molecule has 0 aliphatic rings. The third-order valence-corrected chi connectivity index (χ3v) is 1.53. The van der Waals surface area contributed by atoms with Gasteiger partial charge in [-0.15, -0.1) is 0 Å². The second-order valence-electron chi connectivity index (χ2n) is 3.74. The third-order valence-electron chi connectivity index (χ3n) is 1.53. The Morgan fingerprint density at radius 2 is 0.773 bits per heavy atom. The summed E-state index contributed by atoms with van der Waals surface area (Å²) in [6.45, 7) is 4.53. The van der Waals surface area contributed by atoms with E-state index in [2.05, 4.69) is 15.5 Å². The standard InChI is InChI=1S/3C3H8N2O2.Nd/c3*1-2(4)3(6)5-7;/h3*2,7H,4H2,1H3,(H,5,6);/t3*2-;/m000./s1. The van der Waals surface area contributed by atoms with Crippen molar-refractivity contribution in [2.75, 3.05) is 0 Å². The Bertz CT molecular complexity index is 295. The van der Waals surface area contributed by atoms with E-state index in [0.717, 1.165) is 0 Å². The van der Waals surface area contributed by atoms with Gasteiger partial charge in [0.05, 0.1) is 18.1 Å². The summed E-state index contributed by atoms with van der Waals surface area (Å²) in [7, 11) is 0. The van der Waals surface area contributed by atoms with Crippen LogP contribution in [0.1, 0.15) is 20.8 Å². The van der Waals surface area contributed by atoms with Gasteiger partial charge in [0.2, 0.25) is 17.7 Å². The van der Waals surface area contributed by atoms with Gasteiger partial charge in [-0.25, -0.2) is 0 Å². The number of hydrogen-bond donors (Lipinski definition) is 9. The number of oxime groups is 3. The molecule has 0 radical (unpaired) electrons. The molecule has 0 aromatic heterocycles. The molecule has 130 valence electrons. The molecule has 0 aliphatic carbocycles. The van der Waals surface area contributed by atoms with Crippen LogP contribution in [0.15, 0.2) is 15.5 Å². The van der Waals surface area contributed by atoms with Crippen molar-refractivity contribution in [2.45, 2.75) is 38.9 Å². The van der Waals surface area contributed by atoms with Gasteiger partial charge in [0.15, 0.2) is 0 Å². The van der Waals surface area contributed by atoms with Gasteiger partial charge in [0.1, 0.15) is 0 Å². The molecule has 3 atom stereocenters. The van der Waals surface area contributed by atoms with Crippen LogP contribution in [-0.4, -0.2) is 66.8 Å². The van der Waals surface area contributed by atoms with Crippen molar-refractivity contribution in [3.05, 3.63) is 0 Å². The summed E-state index contributed by atoms with van der Waals surface area (Å²) in [5.41, 5.74) is 15.0. The van der Waals surface area contributed by atoms with E-state index in [-0.39, 0.29) is 40.8 Å². The molecule has 0 heterocycles. The molecule has 0 fully saturated rings. The molecule has 0 amide bonds. The fourth-order valence-electron chi connectivity index (χ4n) is 0.273. The van der Waals surface area contributed by atoms with Crippen molar-refractivity contribution in [3.8, 4) is 0 Å². The molecule has 22 heavy (non-hydrogen) atoms. The van der Waals surface area contributed by atoms with E-state index in [4.69, 9.17) is 48.1 Å². The SMILES string of the molecule is C[C@H](N)C(O)=NO.C[C@H](N)C(O)=NO.C[C@H](N)C(O)=NO.[Nd]. The van der Waals surface area contributed by atoms with Crippen LogP contribution >= 0.6 is 0 Å². The van der Waals surface area contributed by atoms with Crippen LogP contribution in [0.5, 0.6) is 0 Å². The first-order valence-electron chi connectivity index (χ1n) is 5.54. The second kappa shape index (κ2) is 18.1. The maximum Gasteiger partial charge on any atom is 0.239 e. The van der Waals surface area contributed by atoms with E-state index in [1.165, 1.54) is 20.8 Å². The van der Waals surface area contributed by atoms with Crippen molar-refractivity contribution in [3.63, 3.8) is 0 Å². The van der Waals surface area contributed by atoms with Crippen molar-refractivity contribution in [1.29, 1.82) is 0 Å². The molecule has 0 saturated heterocycles. The molecule has 12 N–H and O–H groups in total. The topological polar surface area (TPSA) is 237 Å². The maximum atomic E-state index is 8.31. The van der Waals surface area contributed by atoms with Gasteiger partial charge in [-0.05, 0) is 20.8 Å². The molecule has 0 aromatic carbocycles. The van der Waals surface area contributed by atoms with Crippen LogP contribution in [0.3, 0.4) is 0 Å². The first kappa shape index (κ1) is 29.1. The number of aliphatic hydroxyl groups excluding tert-OH is 3. The molecule has 0 rings (SSSR count). The number of nitrogens with zero attached hydrogens (tertiary/aromatic N) is 3. The van der Waals surface area contributed by atoms with Crippen LogP contribution in [0, 0.1) is 40.8 Å². The number of nitrogens with two attached hydrogens (primary N) is 3. The Labute approximate surface area is 160 Å². The van der Waals surface area contributed by atoms with E-state index in [1.807, 2.05) is 0 Å². The van der Waals surface area contributed by atoms with Gasteiger partial charge >= 0.3 is 0 Å². The number of rotatable bonds is 3. The van der Waals surface area contributed by atoms with Crippen LogP contribution in [0.25, 0.3) is 0 Å². The molecule has 0 unspecified atom stereocenters. The Kier molecular flexibility index (Phi) is 23.9. The quantitative estimate of drug-likeness (QED) is 0.110. The Morgan fingerprint density at radius 1 is 0.636 bits per heavy atom. The zero-order valence-corrected chi connectivity index (χ0v) is 15.7. The summed E-state index contributed by atoms with van der Waals surface area (Å²) in [5.74, 6) is -1.33. The minimum Gasteiger partial charge on any atom is -0.493 e. The molecule has 0 spiro atoms. The third kappa shape index (κ3) is 21.3. The molecule has 13 heteroatoms. The number of hydrogen-bond acceptors (Lipinski definition) is 9. The molecule has 0 saturated carbocycles. The fourth-order valence-corrected chi connectivity index (χ4v) is 0.273. The molecular formula is C9H24N6NdO6. The Morgan fingerprint density at radius 3 is 0.773 bits per heavy atom. The molecular weight excluding hydrogens is 432 g/mol. The van der Waals surface area contributed by atoms with Gasteiger partial charge < -0.3 is 48.1 Å². The molecule has 0 aromatic rings. The normalized spacial score (nSPS) is 15.8. The Balaban J connectivity index is -0.000000108. The minimum atomic E-state index is -0.579. The minimum absolute atomic E-state index is 0. The van der Waals surface area contributed by atoms with Crippen molar-refractivity contribution in [1.82, 2.24) is 0 Å². The van der Waals surface area contributed by atoms with Crippen LogP contribution in [-0.2, 0) is 0 Å². The second-order valence-corrected chi connectivity index (χ2v) is 3.74. The maximum absolute atomic E-state index is 8.31. The number of aliphatic hydroxyl groups is 3. The molecule has 0 bridgehead atoms. The average molecular weight is 457 g/mol. The molecule has 12 nitrogen and oxygen atoms in total. The average Bonchev–Trinajstić information content (AvgIpc) is 2.45. The smallest absolute Gasteiger partial charge is 0.239 e. The van der Waals surface area contributed by atoms with Gasteiger partial charge in [-0.3, -0.25) is 0 Å². The van der Waals surface area contributed by atoms with E-state index < -0.39 is 35.8 Å². The van der Waals surface area contributed by atoms with E-state index in [9.17, 15) is 0 Å². The monoisotopic (exact) mass is 454 g/mol. The molecule has 0 aliphatic heterocycles. The summed E-state index contributed by atoms with van der Waals surface area (Å²) < 4.78 is 0. The predicted molar refractivity (Wildman–Crippen MR) is 76.5 cm³/mol. The van der Waals surface area contributed by atoms with Gasteiger partial charge in [0, 0.05) is 40.8 Å². The van der Waals surface area contributed by atoms with Crippen LogP contribution < -0.4 is 17.2 Å². The van der Waals surface area contributed by atoms with E-state index in [1.54, 1.807) is 0 Å². The van der Waals surface area contributed by atoms with Gasteiger partial charge in [-0.1, -0.05) is 15.5 Å². The first-order chi connectivity index (χ1) is 9.54. The van der Waals surface area contributed by atoms with Gasteiger partial charge in [-0.2, -0.15) is 0 Å². The zero-order chi connectivity index (χ0) is 17.6. The summed E-state index contributed by atoms with van der Waals surface area (Å²) >= 11 is 0. The largest absolute Gasteiger partial charge is 0.493 e. The fraction of sp³-hybridized carbons (Fsp3) is 0.667. The van der Waals surface area contributed by atoms with Crippen LogP contribution in [0.2, 0.25) is 0 Å². The first-order valence-corrected chi connectivity index (χ1v) is 5.54. The predicted octanol–water partition coefficient (Wildman–Crippen LogP) is -0.962. The van der Waals surface area contributed by atoms with E-state index >= 15 is 0 Å². The summed E-state index contributed by atoms with van der Waals surface area (Å²) in [5, 5.41) is 55.5. The van der Waals surface area contributed by atoms with Crippen molar-refractivity contribution in [2.24, 2.45) is 32.7 Å². The van der Waals surface area contributed by atoms with E-state index in [0.29, 0.717) is 0 Å².